The number of benzene rings is 2. The normalized spacial score (nSPS) is 13.2. The highest BCUT2D eigenvalue weighted by Gasteiger charge is 2.23. The van der Waals surface area contributed by atoms with E-state index in [9.17, 15) is 22.0 Å². The molecule has 1 aliphatic heterocycles. The molecule has 0 saturated carbocycles. The molecule has 0 fully saturated rings. The Morgan fingerprint density at radius 2 is 1.77 bits per heavy atom. The Hall–Kier alpha value is -2.88. The van der Waals surface area contributed by atoms with Gasteiger partial charge in [0.1, 0.15) is 24.8 Å². The van der Waals surface area contributed by atoms with Crippen LogP contribution < -0.4 is 14.2 Å². The summed E-state index contributed by atoms with van der Waals surface area (Å²) in [7, 11) is -3.21. The molecule has 0 aliphatic carbocycles. The lowest BCUT2D eigenvalue weighted by Crippen LogP contribution is -2.18. The van der Waals surface area contributed by atoms with E-state index in [2.05, 4.69) is 4.74 Å². The number of methoxy groups -OCH3 is 1. The Kier molecular flexibility index (Phi) is 4.68. The van der Waals surface area contributed by atoms with Gasteiger partial charge in [0.15, 0.2) is 11.5 Å². The monoisotopic (exact) mass is 385 g/mol. The Bertz CT molecular complexity index is 977. The maximum absolute atomic E-state index is 14.0. The molecule has 138 valence electrons. The molecule has 0 radical (unpaired) electrons. The Labute approximate surface area is 147 Å². The second-order valence-electron chi connectivity index (χ2n) is 5.21. The lowest BCUT2D eigenvalue weighted by molar-refractivity contribution is 0.0595. The highest BCUT2D eigenvalue weighted by atomic mass is 32.2. The number of sulfonamides is 1. The van der Waals surface area contributed by atoms with Crippen molar-refractivity contribution in [1.82, 2.24) is 0 Å². The van der Waals surface area contributed by atoms with Crippen LogP contribution in [0.5, 0.6) is 11.5 Å². The highest BCUT2D eigenvalue weighted by molar-refractivity contribution is 7.92. The minimum atomic E-state index is -4.23. The molecule has 0 aromatic heterocycles. The van der Waals surface area contributed by atoms with Gasteiger partial charge in [0.05, 0.1) is 23.3 Å². The van der Waals surface area contributed by atoms with Gasteiger partial charge in [0.25, 0.3) is 10.0 Å². The van der Waals surface area contributed by atoms with Gasteiger partial charge in [-0.3, -0.25) is 4.72 Å². The molecular weight excluding hydrogens is 372 g/mol. The number of rotatable bonds is 4. The topological polar surface area (TPSA) is 90.9 Å². The second-order valence-corrected chi connectivity index (χ2v) is 6.90. The Balaban J connectivity index is 1.96. The molecular formula is C16H13F2NO6S. The minimum Gasteiger partial charge on any atom is -0.486 e. The van der Waals surface area contributed by atoms with E-state index in [1.54, 1.807) is 0 Å². The molecule has 1 heterocycles. The molecule has 7 nitrogen and oxygen atoms in total. The summed E-state index contributed by atoms with van der Waals surface area (Å²) < 4.78 is 69.6. The van der Waals surface area contributed by atoms with Gasteiger partial charge in [-0.1, -0.05) is 0 Å². The molecule has 0 unspecified atom stereocenters. The number of hydrogen-bond donors (Lipinski definition) is 1. The van der Waals surface area contributed by atoms with Crippen LogP contribution in [0.25, 0.3) is 0 Å². The van der Waals surface area contributed by atoms with E-state index in [1.807, 2.05) is 4.72 Å². The number of halogens is 2. The second kappa shape index (κ2) is 6.79. The van der Waals surface area contributed by atoms with E-state index >= 15 is 0 Å². The van der Waals surface area contributed by atoms with E-state index in [4.69, 9.17) is 9.47 Å². The fourth-order valence-corrected chi connectivity index (χ4v) is 3.36. The summed E-state index contributed by atoms with van der Waals surface area (Å²) in [6, 6.07) is 5.00. The third-order valence-corrected chi connectivity index (χ3v) is 4.89. The zero-order chi connectivity index (χ0) is 18.9. The number of carbonyl (C=O) groups excluding carboxylic acids is 1. The number of esters is 1. The zero-order valence-corrected chi connectivity index (χ0v) is 14.2. The average Bonchev–Trinajstić information content (AvgIpc) is 2.62. The van der Waals surface area contributed by atoms with Gasteiger partial charge in [-0.05, 0) is 18.2 Å². The van der Waals surface area contributed by atoms with Crippen molar-refractivity contribution in [1.29, 1.82) is 0 Å². The number of carbonyl (C=O) groups is 1. The lowest BCUT2D eigenvalue weighted by atomic mass is 10.2. The lowest BCUT2D eigenvalue weighted by Gasteiger charge is -2.19. The van der Waals surface area contributed by atoms with E-state index in [0.29, 0.717) is 18.4 Å². The number of anilines is 1. The zero-order valence-electron chi connectivity index (χ0n) is 13.4. The SMILES string of the molecule is COC(=O)c1cc(NS(=O)(=O)c2ccc3c(c2)OCCO3)c(F)cc1F. The van der Waals surface area contributed by atoms with Gasteiger partial charge in [-0.2, -0.15) is 0 Å². The Morgan fingerprint density at radius 3 is 2.46 bits per heavy atom. The minimum absolute atomic E-state index is 0.218. The first kappa shape index (κ1) is 17.9. The molecule has 0 spiro atoms. The number of nitrogens with one attached hydrogen (secondary N) is 1. The maximum Gasteiger partial charge on any atom is 0.340 e. The van der Waals surface area contributed by atoms with Crippen molar-refractivity contribution < 1.29 is 36.2 Å². The van der Waals surface area contributed by atoms with Crippen molar-refractivity contribution in [2.75, 3.05) is 25.0 Å². The molecule has 2 aromatic carbocycles. The van der Waals surface area contributed by atoms with Crippen LogP contribution in [0.4, 0.5) is 14.5 Å². The van der Waals surface area contributed by atoms with Crippen LogP contribution in [0.1, 0.15) is 10.4 Å². The van der Waals surface area contributed by atoms with Gasteiger partial charge in [-0.15, -0.1) is 0 Å². The molecule has 0 amide bonds. The number of ether oxygens (including phenoxy) is 3. The van der Waals surface area contributed by atoms with Gasteiger partial charge in [0.2, 0.25) is 0 Å². The molecule has 0 atom stereocenters. The summed E-state index contributed by atoms with van der Waals surface area (Å²) in [6.45, 7) is 0.605. The summed E-state index contributed by atoms with van der Waals surface area (Å²) in [5.41, 5.74) is -1.20. The van der Waals surface area contributed by atoms with Gasteiger partial charge in [-0.25, -0.2) is 22.0 Å². The molecule has 1 aliphatic rings. The van der Waals surface area contributed by atoms with Crippen LogP contribution in [0, 0.1) is 11.6 Å². The van der Waals surface area contributed by atoms with Gasteiger partial charge < -0.3 is 14.2 Å². The van der Waals surface area contributed by atoms with E-state index < -0.39 is 38.9 Å². The fraction of sp³-hybridized carbons (Fsp3) is 0.188. The first-order valence-corrected chi connectivity index (χ1v) is 8.80. The third-order valence-electron chi connectivity index (χ3n) is 3.53. The van der Waals surface area contributed by atoms with Crippen molar-refractivity contribution in [3.63, 3.8) is 0 Å². The first-order chi connectivity index (χ1) is 12.3. The Morgan fingerprint density at radius 1 is 1.08 bits per heavy atom. The van der Waals surface area contributed by atoms with Crippen LogP contribution in [0.15, 0.2) is 35.2 Å². The van der Waals surface area contributed by atoms with E-state index in [0.717, 1.165) is 13.2 Å². The van der Waals surface area contributed by atoms with Crippen molar-refractivity contribution in [2.45, 2.75) is 4.90 Å². The van der Waals surface area contributed by atoms with Gasteiger partial charge in [0, 0.05) is 12.1 Å². The van der Waals surface area contributed by atoms with Crippen molar-refractivity contribution in [3.8, 4) is 11.5 Å². The van der Waals surface area contributed by atoms with Crippen molar-refractivity contribution in [3.05, 3.63) is 47.5 Å². The number of hydrogen-bond acceptors (Lipinski definition) is 6. The molecule has 0 saturated heterocycles. The summed E-state index contributed by atoms with van der Waals surface area (Å²) in [6.07, 6.45) is 0. The van der Waals surface area contributed by atoms with Crippen LogP contribution in [-0.2, 0) is 14.8 Å². The molecule has 3 rings (SSSR count). The maximum atomic E-state index is 14.0. The quantitative estimate of drug-likeness (QED) is 0.813. The predicted octanol–water partition coefficient (Wildman–Crippen LogP) is 2.32. The molecule has 2 aromatic rings. The summed E-state index contributed by atoms with van der Waals surface area (Å²) in [5, 5.41) is 0. The average molecular weight is 385 g/mol. The van der Waals surface area contributed by atoms with Gasteiger partial charge >= 0.3 is 5.97 Å². The third kappa shape index (κ3) is 3.40. The predicted molar refractivity (Wildman–Crippen MR) is 85.9 cm³/mol. The van der Waals surface area contributed by atoms with Crippen molar-refractivity contribution in [2.24, 2.45) is 0 Å². The van der Waals surface area contributed by atoms with Crippen LogP contribution in [-0.4, -0.2) is 34.7 Å². The fourth-order valence-electron chi connectivity index (χ4n) is 2.29. The summed E-state index contributed by atoms with van der Waals surface area (Å²) >= 11 is 0. The first-order valence-electron chi connectivity index (χ1n) is 7.31. The smallest absolute Gasteiger partial charge is 0.340 e. The summed E-state index contributed by atoms with van der Waals surface area (Å²) in [4.78, 5) is 11.3. The van der Waals surface area contributed by atoms with Crippen LogP contribution >= 0.6 is 0 Å². The van der Waals surface area contributed by atoms with Crippen LogP contribution in [0.3, 0.4) is 0 Å². The van der Waals surface area contributed by atoms with E-state index in [-0.39, 0.29) is 17.3 Å². The molecule has 0 bridgehead atoms. The van der Waals surface area contributed by atoms with E-state index in [1.165, 1.54) is 18.2 Å². The standard InChI is InChI=1S/C16H13F2NO6S/c1-23-16(20)10-7-13(12(18)8-11(10)17)19-26(21,22)9-2-3-14-15(6-9)25-5-4-24-14/h2-3,6-8,19H,4-5H2,1H3. The highest BCUT2D eigenvalue weighted by Crippen LogP contribution is 2.33. The largest absolute Gasteiger partial charge is 0.486 e. The summed E-state index contributed by atoms with van der Waals surface area (Å²) in [5.74, 6) is -2.81. The molecule has 10 heteroatoms. The van der Waals surface area contributed by atoms with Crippen molar-refractivity contribution >= 4 is 21.7 Å². The molecule has 26 heavy (non-hydrogen) atoms. The number of fused-ring (bicyclic) bond motifs is 1. The molecule has 1 N–H and O–H groups in total. The van der Waals surface area contributed by atoms with Crippen LogP contribution in [0.2, 0.25) is 0 Å².